The normalized spacial score (nSPS) is 10.8. The Bertz CT molecular complexity index is 1760. The van der Waals surface area contributed by atoms with Crippen LogP contribution in [0.1, 0.15) is 22.3 Å². The summed E-state index contributed by atoms with van der Waals surface area (Å²) in [6, 6.07) is 40.3. The minimum atomic E-state index is 0.956. The zero-order chi connectivity index (χ0) is 24.5. The van der Waals surface area contributed by atoms with Crippen molar-refractivity contribution in [2.24, 2.45) is 0 Å². The van der Waals surface area contributed by atoms with Crippen LogP contribution in [0.15, 0.2) is 115 Å². The van der Waals surface area contributed by atoms with E-state index in [2.05, 4.69) is 109 Å². The van der Waals surface area contributed by atoms with Gasteiger partial charge >= 0.3 is 0 Å². The Kier molecular flexibility index (Phi) is 5.52. The van der Waals surface area contributed by atoms with E-state index in [0.29, 0.717) is 0 Å². The van der Waals surface area contributed by atoms with E-state index in [4.69, 9.17) is 0 Å². The highest BCUT2D eigenvalue weighted by atomic mass is 15.4. The Hall–Kier alpha value is -4.74. The first-order valence-corrected chi connectivity index (χ1v) is 12.2. The Morgan fingerprint density at radius 3 is 2.08 bits per heavy atom. The van der Waals surface area contributed by atoms with Crippen molar-refractivity contribution in [1.82, 2.24) is 4.68 Å². The van der Waals surface area contributed by atoms with Crippen molar-refractivity contribution in [2.75, 3.05) is 5.43 Å². The molecule has 0 bridgehead atoms. The largest absolute Gasteiger partial charge is 0.292 e. The third-order valence-electron chi connectivity index (χ3n) is 6.50. The molecule has 0 unspecified atom stereocenters. The zero-order valence-electron chi connectivity index (χ0n) is 20.4. The average molecular weight is 463 g/mol. The van der Waals surface area contributed by atoms with E-state index >= 15 is 0 Å². The highest BCUT2D eigenvalue weighted by molar-refractivity contribution is 6.09. The monoisotopic (exact) mass is 462 g/mol. The van der Waals surface area contributed by atoms with Gasteiger partial charge < -0.3 is 0 Å². The second-order valence-corrected chi connectivity index (χ2v) is 9.23. The maximum Gasteiger partial charge on any atom is 0.0716 e. The smallest absolute Gasteiger partial charge is 0.0716 e. The Morgan fingerprint density at radius 1 is 0.556 bits per heavy atom. The lowest BCUT2D eigenvalue weighted by molar-refractivity contribution is 1.06. The van der Waals surface area contributed by atoms with Gasteiger partial charge in [0.2, 0.25) is 0 Å². The van der Waals surface area contributed by atoms with Gasteiger partial charge in [-0.25, -0.2) is 0 Å². The molecule has 36 heavy (non-hydrogen) atoms. The van der Waals surface area contributed by atoms with Crippen LogP contribution in [-0.2, 0) is 0 Å². The van der Waals surface area contributed by atoms with Gasteiger partial charge in [-0.1, -0.05) is 102 Å². The van der Waals surface area contributed by atoms with Crippen LogP contribution in [0, 0.1) is 25.7 Å². The maximum atomic E-state index is 3.69. The van der Waals surface area contributed by atoms with E-state index in [0.717, 1.165) is 27.8 Å². The van der Waals surface area contributed by atoms with Gasteiger partial charge in [-0.3, -0.25) is 10.1 Å². The van der Waals surface area contributed by atoms with Gasteiger partial charge in [0.1, 0.15) is 0 Å². The van der Waals surface area contributed by atoms with Crippen LogP contribution in [0.25, 0.3) is 32.9 Å². The number of aryl methyl sites for hydroxylation is 2. The highest BCUT2D eigenvalue weighted by Gasteiger charge is 2.13. The van der Waals surface area contributed by atoms with Crippen LogP contribution < -0.4 is 5.43 Å². The third kappa shape index (κ3) is 4.13. The minimum Gasteiger partial charge on any atom is -0.292 e. The lowest BCUT2D eigenvalue weighted by atomic mass is 9.99. The molecule has 0 amide bonds. The van der Waals surface area contributed by atoms with Crippen molar-refractivity contribution in [3.05, 3.63) is 138 Å². The molecule has 5 aromatic carbocycles. The van der Waals surface area contributed by atoms with E-state index < -0.39 is 0 Å². The van der Waals surface area contributed by atoms with Gasteiger partial charge in [0.05, 0.1) is 16.7 Å². The van der Waals surface area contributed by atoms with Gasteiger partial charge in [-0.15, -0.1) is 0 Å². The van der Waals surface area contributed by atoms with Crippen molar-refractivity contribution in [1.29, 1.82) is 0 Å². The Balaban J connectivity index is 1.50. The van der Waals surface area contributed by atoms with Gasteiger partial charge in [0.25, 0.3) is 0 Å². The van der Waals surface area contributed by atoms with Crippen LogP contribution in [0.2, 0.25) is 0 Å². The summed E-state index contributed by atoms with van der Waals surface area (Å²) in [6.45, 7) is 4.31. The molecule has 0 radical (unpaired) electrons. The van der Waals surface area contributed by atoms with Crippen molar-refractivity contribution in [3.8, 4) is 23.0 Å². The summed E-state index contributed by atoms with van der Waals surface area (Å²) in [5.74, 6) is 6.66. The molecule has 0 saturated heterocycles. The standard InChI is InChI=1S/C34H26N2/c1-24-20-25(2)22-29(21-24)28-18-19-31-30-13-7-9-15-33(30)36(34(31)23-28)35-32-14-8-6-12-27(32)17-16-26-10-4-3-5-11-26/h3-15,18-23,35H,1-2H3. The number of benzene rings is 5. The van der Waals surface area contributed by atoms with Crippen LogP contribution in [0.4, 0.5) is 5.69 Å². The predicted molar refractivity (Wildman–Crippen MR) is 152 cm³/mol. The quantitative estimate of drug-likeness (QED) is 0.262. The summed E-state index contributed by atoms with van der Waals surface area (Å²) in [5.41, 5.74) is 13.9. The molecule has 0 fully saturated rings. The molecule has 1 heterocycles. The lowest BCUT2D eigenvalue weighted by Crippen LogP contribution is -2.09. The van der Waals surface area contributed by atoms with Crippen LogP contribution >= 0.6 is 0 Å². The number of hydrogen-bond acceptors (Lipinski definition) is 1. The van der Waals surface area contributed by atoms with E-state index in [9.17, 15) is 0 Å². The molecule has 0 aliphatic heterocycles. The van der Waals surface area contributed by atoms with E-state index in [1.807, 2.05) is 42.5 Å². The molecule has 0 atom stereocenters. The van der Waals surface area contributed by atoms with Gasteiger partial charge in [0, 0.05) is 21.9 Å². The first kappa shape index (κ1) is 21.8. The van der Waals surface area contributed by atoms with Crippen molar-refractivity contribution in [3.63, 3.8) is 0 Å². The predicted octanol–water partition coefficient (Wildman–Crippen LogP) is 8.35. The molecule has 0 aliphatic carbocycles. The topological polar surface area (TPSA) is 17.0 Å². The fourth-order valence-electron chi connectivity index (χ4n) is 4.88. The maximum absolute atomic E-state index is 3.69. The second kappa shape index (κ2) is 9.13. The number of fused-ring (bicyclic) bond motifs is 3. The molecule has 0 spiro atoms. The fourth-order valence-corrected chi connectivity index (χ4v) is 4.88. The molecule has 2 nitrogen and oxygen atoms in total. The summed E-state index contributed by atoms with van der Waals surface area (Å²) in [5, 5.41) is 2.44. The number of aromatic nitrogens is 1. The van der Waals surface area contributed by atoms with Crippen molar-refractivity contribution >= 4 is 27.5 Å². The Labute approximate surface area is 211 Å². The molecular weight excluding hydrogens is 436 g/mol. The van der Waals surface area contributed by atoms with E-state index in [1.54, 1.807) is 0 Å². The molecule has 0 saturated carbocycles. The zero-order valence-corrected chi connectivity index (χ0v) is 20.4. The molecule has 1 N–H and O–H groups in total. The van der Waals surface area contributed by atoms with Crippen LogP contribution in [-0.4, -0.2) is 4.68 Å². The van der Waals surface area contributed by atoms with Crippen LogP contribution in [0.5, 0.6) is 0 Å². The fraction of sp³-hybridized carbons (Fsp3) is 0.0588. The first-order chi connectivity index (χ1) is 17.7. The molecule has 6 rings (SSSR count). The van der Waals surface area contributed by atoms with Gasteiger partial charge in [0.15, 0.2) is 0 Å². The summed E-state index contributed by atoms with van der Waals surface area (Å²) in [4.78, 5) is 0. The Morgan fingerprint density at radius 2 is 1.25 bits per heavy atom. The van der Waals surface area contributed by atoms with Crippen molar-refractivity contribution < 1.29 is 0 Å². The molecule has 0 aliphatic rings. The minimum absolute atomic E-state index is 0.956. The summed E-state index contributed by atoms with van der Waals surface area (Å²) >= 11 is 0. The molecule has 1 aromatic heterocycles. The van der Waals surface area contributed by atoms with Crippen LogP contribution in [0.3, 0.4) is 0 Å². The average Bonchev–Trinajstić information content (AvgIpc) is 3.21. The van der Waals surface area contributed by atoms with Crippen molar-refractivity contribution in [2.45, 2.75) is 13.8 Å². The molecule has 172 valence electrons. The molecule has 6 aromatic rings. The number of anilines is 1. The first-order valence-electron chi connectivity index (χ1n) is 12.2. The second-order valence-electron chi connectivity index (χ2n) is 9.23. The third-order valence-corrected chi connectivity index (χ3v) is 6.50. The number of nitrogens with zero attached hydrogens (tertiary/aromatic N) is 1. The van der Waals surface area contributed by atoms with E-state index in [-0.39, 0.29) is 0 Å². The van der Waals surface area contributed by atoms with Gasteiger partial charge in [-0.05, 0) is 61.4 Å². The highest BCUT2D eigenvalue weighted by Crippen LogP contribution is 2.33. The summed E-state index contributed by atoms with van der Waals surface area (Å²) in [6.07, 6.45) is 0. The van der Waals surface area contributed by atoms with E-state index in [1.165, 1.54) is 33.0 Å². The summed E-state index contributed by atoms with van der Waals surface area (Å²) < 4.78 is 2.19. The molecule has 2 heteroatoms. The number of para-hydroxylation sites is 2. The lowest BCUT2D eigenvalue weighted by Gasteiger charge is -2.13. The summed E-state index contributed by atoms with van der Waals surface area (Å²) in [7, 11) is 0. The SMILES string of the molecule is Cc1cc(C)cc(-c2ccc3c4ccccc4n(Nc4ccccc4C#Cc4ccccc4)c3c2)c1. The number of rotatable bonds is 3. The number of nitrogens with one attached hydrogen (secondary N) is 1. The number of hydrogen-bond donors (Lipinski definition) is 1. The van der Waals surface area contributed by atoms with Gasteiger partial charge in [-0.2, -0.15) is 0 Å². The molecular formula is C34H26N2.